The van der Waals surface area contributed by atoms with Gasteiger partial charge in [0.05, 0.1) is 7.11 Å². The number of ether oxygens (including phenoxy) is 3. The lowest BCUT2D eigenvalue weighted by molar-refractivity contribution is -0.164. The third kappa shape index (κ3) is 4.50. The minimum absolute atomic E-state index is 0.104. The molecule has 1 unspecified atom stereocenters. The number of rotatable bonds is 5. The minimum Gasteiger partial charge on any atom is -0.497 e. The lowest BCUT2D eigenvalue weighted by atomic mass is 9.96. The first-order chi connectivity index (χ1) is 13.9. The topological polar surface area (TPSA) is 94.2 Å². The molecular formula is C21H28N2O6S. The highest BCUT2D eigenvalue weighted by atomic mass is 32.2. The van der Waals surface area contributed by atoms with Gasteiger partial charge in [0, 0.05) is 4.75 Å². The maximum atomic E-state index is 12.8. The summed E-state index contributed by atoms with van der Waals surface area (Å²) in [5, 5.41) is 2.29. The van der Waals surface area contributed by atoms with Gasteiger partial charge in [0.25, 0.3) is 0 Å². The Balaban J connectivity index is 1.63. The zero-order valence-electron chi connectivity index (χ0n) is 18.1. The normalized spacial score (nSPS) is 24.5. The van der Waals surface area contributed by atoms with Crippen molar-refractivity contribution >= 4 is 29.7 Å². The number of hydrogen-bond donors (Lipinski definition) is 1. The number of fused-ring (bicyclic) bond motifs is 1. The van der Waals surface area contributed by atoms with Crippen LogP contribution in [0.25, 0.3) is 0 Å². The van der Waals surface area contributed by atoms with E-state index in [4.69, 9.17) is 14.2 Å². The van der Waals surface area contributed by atoms with Gasteiger partial charge in [-0.25, -0.2) is 9.59 Å². The first-order valence-corrected chi connectivity index (χ1v) is 10.6. The van der Waals surface area contributed by atoms with Crippen molar-refractivity contribution in [1.29, 1.82) is 0 Å². The summed E-state index contributed by atoms with van der Waals surface area (Å²) in [5.41, 5.74) is 0.162. The van der Waals surface area contributed by atoms with Crippen LogP contribution in [-0.2, 0) is 25.7 Å². The third-order valence-corrected chi connectivity index (χ3v) is 6.45. The molecule has 2 saturated heterocycles. The molecule has 0 aromatic heterocycles. The van der Waals surface area contributed by atoms with Crippen LogP contribution in [0.1, 0.15) is 40.2 Å². The molecule has 9 heteroatoms. The van der Waals surface area contributed by atoms with Crippen LogP contribution in [-0.4, -0.2) is 57.8 Å². The number of alkyl carbamates (subject to hydrolysis) is 1. The monoisotopic (exact) mass is 436 g/mol. The Bertz CT molecular complexity index is 833. The summed E-state index contributed by atoms with van der Waals surface area (Å²) in [5.74, 6) is -0.0545. The Labute approximate surface area is 180 Å². The number of nitrogens with zero attached hydrogens (tertiary/aromatic N) is 1. The van der Waals surface area contributed by atoms with E-state index in [1.54, 1.807) is 40.0 Å². The van der Waals surface area contributed by atoms with Crippen molar-refractivity contribution < 1.29 is 28.6 Å². The molecule has 3 rings (SSSR count). The fourth-order valence-electron chi connectivity index (χ4n) is 3.52. The van der Waals surface area contributed by atoms with Crippen molar-refractivity contribution in [3.8, 4) is 5.75 Å². The van der Waals surface area contributed by atoms with Gasteiger partial charge in [0.1, 0.15) is 35.4 Å². The van der Waals surface area contributed by atoms with Gasteiger partial charge in [-0.15, -0.1) is 11.8 Å². The molecule has 164 valence electrons. The number of β-lactam (4-membered cyclic amide) rings is 1. The maximum Gasteiger partial charge on any atom is 0.408 e. The van der Waals surface area contributed by atoms with E-state index in [9.17, 15) is 14.4 Å². The van der Waals surface area contributed by atoms with E-state index in [1.165, 1.54) is 16.7 Å². The Hall–Kier alpha value is -2.42. The molecule has 0 spiro atoms. The third-order valence-electron chi connectivity index (χ3n) is 4.88. The number of amides is 2. The van der Waals surface area contributed by atoms with Crippen LogP contribution in [0.3, 0.4) is 0 Å². The number of carbonyl (C=O) groups is 3. The number of methoxy groups -OCH3 is 1. The Morgan fingerprint density at radius 2 is 1.83 bits per heavy atom. The number of benzene rings is 1. The lowest BCUT2D eigenvalue weighted by Crippen LogP contribution is -2.70. The van der Waals surface area contributed by atoms with Crippen LogP contribution >= 0.6 is 11.8 Å². The molecule has 2 fully saturated rings. The standard InChI is InChI=1S/C21H28N2O6S/c1-20(2,3)29-19(26)22-14-16(24)23-15(21(4,5)30-17(14)23)18(25)28-11-12-7-9-13(27-6)10-8-12/h7-10,14-15,17H,11H2,1-6H3,(H,22,26)/t14?,15-,17+/m0/s1. The first-order valence-electron chi connectivity index (χ1n) is 9.72. The highest BCUT2D eigenvalue weighted by Crippen LogP contribution is 2.51. The summed E-state index contributed by atoms with van der Waals surface area (Å²) in [6, 6.07) is 5.78. The van der Waals surface area contributed by atoms with Crippen molar-refractivity contribution in [2.24, 2.45) is 0 Å². The summed E-state index contributed by atoms with van der Waals surface area (Å²) < 4.78 is 15.3. The molecule has 2 aliphatic rings. The van der Waals surface area contributed by atoms with Crippen LogP contribution < -0.4 is 10.1 Å². The van der Waals surface area contributed by atoms with Crippen molar-refractivity contribution in [2.75, 3.05) is 7.11 Å². The summed E-state index contributed by atoms with van der Waals surface area (Å²) in [6.07, 6.45) is -0.649. The van der Waals surface area contributed by atoms with E-state index in [0.717, 1.165) is 11.3 Å². The van der Waals surface area contributed by atoms with E-state index in [1.807, 2.05) is 26.0 Å². The van der Waals surface area contributed by atoms with Gasteiger partial charge in [-0.2, -0.15) is 0 Å². The molecule has 0 aliphatic carbocycles. The smallest absolute Gasteiger partial charge is 0.408 e. The molecule has 2 amide bonds. The molecule has 1 N–H and O–H groups in total. The number of carbonyl (C=O) groups excluding carboxylic acids is 3. The number of esters is 1. The van der Waals surface area contributed by atoms with Crippen molar-refractivity contribution in [3.63, 3.8) is 0 Å². The van der Waals surface area contributed by atoms with Crippen LogP contribution in [0.15, 0.2) is 24.3 Å². The second-order valence-electron chi connectivity index (χ2n) is 8.84. The van der Waals surface area contributed by atoms with Gasteiger partial charge in [-0.05, 0) is 52.3 Å². The average Bonchev–Trinajstić information content (AvgIpc) is 2.91. The highest BCUT2D eigenvalue weighted by Gasteiger charge is 2.64. The molecule has 0 saturated carbocycles. The molecular weight excluding hydrogens is 408 g/mol. The van der Waals surface area contributed by atoms with Gasteiger partial charge in [-0.1, -0.05) is 12.1 Å². The van der Waals surface area contributed by atoms with E-state index >= 15 is 0 Å². The number of thioether (sulfide) groups is 1. The van der Waals surface area contributed by atoms with Crippen molar-refractivity contribution in [3.05, 3.63) is 29.8 Å². The van der Waals surface area contributed by atoms with Gasteiger partial charge in [0.2, 0.25) is 5.91 Å². The zero-order chi connectivity index (χ0) is 22.3. The molecule has 1 aromatic rings. The largest absolute Gasteiger partial charge is 0.497 e. The van der Waals surface area contributed by atoms with Crippen molar-refractivity contribution in [2.45, 2.75) is 69.0 Å². The summed E-state index contributed by atoms with van der Waals surface area (Å²) in [6.45, 7) is 9.16. The fraction of sp³-hybridized carbons (Fsp3) is 0.571. The molecule has 30 heavy (non-hydrogen) atoms. The molecule has 2 heterocycles. The van der Waals surface area contributed by atoms with Gasteiger partial charge < -0.3 is 24.4 Å². The second kappa shape index (κ2) is 8.02. The predicted octanol–water partition coefficient (Wildman–Crippen LogP) is 2.69. The van der Waals surface area contributed by atoms with E-state index < -0.39 is 34.5 Å². The molecule has 8 nitrogen and oxygen atoms in total. The van der Waals surface area contributed by atoms with Crippen molar-refractivity contribution in [1.82, 2.24) is 10.2 Å². The second-order valence-corrected chi connectivity index (χ2v) is 10.6. The average molecular weight is 437 g/mol. The first kappa shape index (κ1) is 22.3. The Kier molecular flexibility index (Phi) is 5.95. The van der Waals surface area contributed by atoms with E-state index in [-0.39, 0.29) is 17.9 Å². The summed E-state index contributed by atoms with van der Waals surface area (Å²) in [7, 11) is 1.58. The van der Waals surface area contributed by atoms with Gasteiger partial charge in [0.15, 0.2) is 0 Å². The van der Waals surface area contributed by atoms with Gasteiger partial charge in [-0.3, -0.25) is 4.79 Å². The highest BCUT2D eigenvalue weighted by molar-refractivity contribution is 8.01. The molecule has 1 aromatic carbocycles. The summed E-state index contributed by atoms with van der Waals surface area (Å²) >= 11 is 1.47. The Morgan fingerprint density at radius 3 is 2.40 bits per heavy atom. The number of nitrogens with one attached hydrogen (secondary N) is 1. The fourth-order valence-corrected chi connectivity index (χ4v) is 5.14. The minimum atomic E-state index is -0.727. The van der Waals surface area contributed by atoms with Crippen LogP contribution in [0.2, 0.25) is 0 Å². The van der Waals surface area contributed by atoms with Crippen LogP contribution in [0.4, 0.5) is 4.79 Å². The SMILES string of the molecule is COc1ccc(COC(=O)[C@@H]2N3C(=O)C(NC(=O)OC(C)(C)C)[C@H]3SC2(C)C)cc1. The molecule has 0 radical (unpaired) electrons. The number of hydrogen-bond acceptors (Lipinski definition) is 7. The van der Waals surface area contributed by atoms with Crippen LogP contribution in [0.5, 0.6) is 5.75 Å². The molecule has 3 atom stereocenters. The van der Waals surface area contributed by atoms with Crippen LogP contribution in [0, 0.1) is 0 Å². The zero-order valence-corrected chi connectivity index (χ0v) is 18.9. The predicted molar refractivity (Wildman–Crippen MR) is 112 cm³/mol. The molecule has 0 bridgehead atoms. The maximum absolute atomic E-state index is 12.8. The molecule has 2 aliphatic heterocycles. The summed E-state index contributed by atoms with van der Waals surface area (Å²) in [4.78, 5) is 39.1. The van der Waals surface area contributed by atoms with E-state index in [0.29, 0.717) is 0 Å². The quantitative estimate of drug-likeness (QED) is 0.560. The van der Waals surface area contributed by atoms with Gasteiger partial charge >= 0.3 is 12.1 Å². The Morgan fingerprint density at radius 1 is 1.20 bits per heavy atom. The van der Waals surface area contributed by atoms with E-state index in [2.05, 4.69) is 5.32 Å². The lowest BCUT2D eigenvalue weighted by Gasteiger charge is -2.43.